The summed E-state index contributed by atoms with van der Waals surface area (Å²) in [6.45, 7) is 3.98. The Hall–Kier alpha value is -4.29. The van der Waals surface area contributed by atoms with Crippen molar-refractivity contribution in [2.45, 2.75) is 18.7 Å². The number of hydrogen-bond donors (Lipinski definition) is 1. The summed E-state index contributed by atoms with van der Waals surface area (Å²) in [7, 11) is -2.04. The highest BCUT2D eigenvalue weighted by atomic mass is 32.2. The summed E-state index contributed by atoms with van der Waals surface area (Å²) in [5.41, 5.74) is 4.58. The van der Waals surface area contributed by atoms with Crippen molar-refractivity contribution in [3.8, 4) is 28.4 Å². The molecule has 6 heteroatoms. The smallest absolute Gasteiger partial charge is 0.261 e. The van der Waals surface area contributed by atoms with Crippen molar-refractivity contribution in [2.75, 3.05) is 11.8 Å². The van der Waals surface area contributed by atoms with E-state index in [2.05, 4.69) is 29.8 Å². The van der Waals surface area contributed by atoms with Crippen LogP contribution >= 0.6 is 0 Å². The molecule has 0 unspecified atom stereocenters. The summed E-state index contributed by atoms with van der Waals surface area (Å²) >= 11 is 0. The molecule has 186 valence electrons. The molecule has 5 aromatic rings. The lowest BCUT2D eigenvalue weighted by Crippen LogP contribution is -2.12. The molecular weight excluding hydrogens is 482 g/mol. The number of benzene rings is 5. The number of methoxy groups -OCH3 is 1. The Balaban J connectivity index is 1.51. The Morgan fingerprint density at radius 1 is 0.730 bits per heavy atom. The third-order valence-electron chi connectivity index (χ3n) is 6.22. The Morgan fingerprint density at radius 3 is 2.08 bits per heavy atom. The first-order valence-corrected chi connectivity index (χ1v) is 13.4. The predicted molar refractivity (Wildman–Crippen MR) is 149 cm³/mol. The van der Waals surface area contributed by atoms with E-state index in [0.717, 1.165) is 44.5 Å². The summed E-state index contributed by atoms with van der Waals surface area (Å²) in [6.07, 6.45) is 0. The molecule has 0 aliphatic rings. The Kier molecular flexibility index (Phi) is 6.59. The summed E-state index contributed by atoms with van der Waals surface area (Å²) in [5.74, 6) is 2.10. The molecule has 37 heavy (non-hydrogen) atoms. The minimum atomic E-state index is -3.69. The van der Waals surface area contributed by atoms with Crippen molar-refractivity contribution in [3.05, 3.63) is 114 Å². The van der Waals surface area contributed by atoms with Gasteiger partial charge in [-0.2, -0.15) is 0 Å². The van der Waals surface area contributed by atoms with Crippen LogP contribution < -0.4 is 14.2 Å². The molecule has 0 bridgehead atoms. The second-order valence-corrected chi connectivity index (χ2v) is 10.6. The normalized spacial score (nSPS) is 11.3. The molecule has 0 spiro atoms. The van der Waals surface area contributed by atoms with Gasteiger partial charge in [0.15, 0.2) is 0 Å². The van der Waals surface area contributed by atoms with E-state index in [9.17, 15) is 8.42 Å². The third kappa shape index (κ3) is 5.15. The molecule has 1 N–H and O–H groups in total. The summed E-state index contributed by atoms with van der Waals surface area (Å²) < 4.78 is 40.1. The lowest BCUT2D eigenvalue weighted by Gasteiger charge is -2.18. The van der Waals surface area contributed by atoms with E-state index < -0.39 is 10.0 Å². The topological polar surface area (TPSA) is 64.6 Å². The first-order chi connectivity index (χ1) is 17.8. The van der Waals surface area contributed by atoms with Crippen LogP contribution in [0.3, 0.4) is 0 Å². The van der Waals surface area contributed by atoms with Crippen LogP contribution in [0.2, 0.25) is 0 Å². The molecule has 0 atom stereocenters. The number of sulfonamides is 1. The van der Waals surface area contributed by atoms with Crippen molar-refractivity contribution in [3.63, 3.8) is 0 Å². The molecule has 0 saturated heterocycles. The summed E-state index contributed by atoms with van der Waals surface area (Å²) in [5, 5.41) is 1.96. The second kappa shape index (κ2) is 9.99. The lowest BCUT2D eigenvalue weighted by molar-refractivity contribution is 0.415. The Labute approximate surface area is 217 Å². The molecule has 5 nitrogen and oxygen atoms in total. The van der Waals surface area contributed by atoms with E-state index in [1.165, 1.54) is 0 Å². The van der Waals surface area contributed by atoms with Gasteiger partial charge in [0.25, 0.3) is 10.0 Å². The van der Waals surface area contributed by atoms with E-state index in [-0.39, 0.29) is 4.90 Å². The van der Waals surface area contributed by atoms with Crippen LogP contribution in [0, 0.1) is 13.8 Å². The van der Waals surface area contributed by atoms with Gasteiger partial charge < -0.3 is 9.47 Å². The molecule has 0 heterocycles. The first kappa shape index (κ1) is 24.4. The van der Waals surface area contributed by atoms with E-state index in [4.69, 9.17) is 9.47 Å². The molecule has 0 fully saturated rings. The lowest BCUT2D eigenvalue weighted by atomic mass is 9.94. The highest BCUT2D eigenvalue weighted by Gasteiger charge is 2.17. The quantitative estimate of drug-likeness (QED) is 0.244. The summed E-state index contributed by atoms with van der Waals surface area (Å²) in [6, 6.07) is 31.8. The fourth-order valence-electron chi connectivity index (χ4n) is 4.32. The minimum absolute atomic E-state index is 0.215. The maximum absolute atomic E-state index is 12.8. The number of hydrogen-bond acceptors (Lipinski definition) is 4. The minimum Gasteiger partial charge on any atom is -0.497 e. The summed E-state index contributed by atoms with van der Waals surface area (Å²) in [4.78, 5) is 0.215. The maximum atomic E-state index is 12.8. The standard InChI is InChI=1S/C31H27NO4S/c1-21-9-16-28(17-10-21)37(33,34)32-25-11-13-26(14-12-25)36-31-29-18-15-27(35-3)20-24(29)19-22(2)30(31)23-7-5-4-6-8-23/h4-20,32H,1-3H3. The number of fused-ring (bicyclic) bond motifs is 1. The van der Waals surface area contributed by atoms with Crippen molar-refractivity contribution in [1.82, 2.24) is 0 Å². The second-order valence-electron chi connectivity index (χ2n) is 8.90. The van der Waals surface area contributed by atoms with E-state index >= 15 is 0 Å². The highest BCUT2D eigenvalue weighted by Crippen LogP contribution is 2.43. The van der Waals surface area contributed by atoms with Crippen molar-refractivity contribution >= 4 is 26.5 Å². The SMILES string of the molecule is COc1ccc2c(Oc3ccc(NS(=O)(=O)c4ccc(C)cc4)cc3)c(-c3ccccc3)c(C)cc2c1. The number of nitrogens with one attached hydrogen (secondary N) is 1. The van der Waals surface area contributed by atoms with Gasteiger partial charge in [0, 0.05) is 16.6 Å². The van der Waals surface area contributed by atoms with Crippen LogP contribution in [0.5, 0.6) is 17.2 Å². The van der Waals surface area contributed by atoms with Gasteiger partial charge in [-0.1, -0.05) is 54.1 Å². The molecule has 5 aromatic carbocycles. The highest BCUT2D eigenvalue weighted by molar-refractivity contribution is 7.92. The van der Waals surface area contributed by atoms with Crippen molar-refractivity contribution < 1.29 is 17.9 Å². The molecule has 0 saturated carbocycles. The average Bonchev–Trinajstić information content (AvgIpc) is 2.90. The average molecular weight is 510 g/mol. The first-order valence-electron chi connectivity index (χ1n) is 11.9. The van der Waals surface area contributed by atoms with Gasteiger partial charge in [0.1, 0.15) is 17.2 Å². The van der Waals surface area contributed by atoms with Gasteiger partial charge in [-0.25, -0.2) is 8.42 Å². The molecule has 0 radical (unpaired) electrons. The van der Waals surface area contributed by atoms with Crippen LogP contribution in [-0.4, -0.2) is 15.5 Å². The van der Waals surface area contributed by atoms with Crippen LogP contribution in [0.4, 0.5) is 5.69 Å². The number of anilines is 1. The molecule has 0 aromatic heterocycles. The predicted octanol–water partition coefficient (Wildman–Crippen LogP) is 7.73. The van der Waals surface area contributed by atoms with Gasteiger partial charge in [-0.05, 0) is 85.0 Å². The number of rotatable bonds is 7. The molecule has 0 amide bonds. The van der Waals surface area contributed by atoms with Gasteiger partial charge in [0.2, 0.25) is 0 Å². The van der Waals surface area contributed by atoms with Crippen LogP contribution in [-0.2, 0) is 10.0 Å². The maximum Gasteiger partial charge on any atom is 0.261 e. The fraction of sp³-hybridized carbons (Fsp3) is 0.0968. The largest absolute Gasteiger partial charge is 0.497 e. The number of ether oxygens (including phenoxy) is 2. The van der Waals surface area contributed by atoms with E-state index in [1.54, 1.807) is 55.6 Å². The van der Waals surface area contributed by atoms with Gasteiger partial charge in [-0.3, -0.25) is 4.72 Å². The number of aryl methyl sites for hydroxylation is 2. The zero-order valence-corrected chi connectivity index (χ0v) is 21.7. The van der Waals surface area contributed by atoms with Gasteiger partial charge in [-0.15, -0.1) is 0 Å². The molecular formula is C31H27NO4S. The van der Waals surface area contributed by atoms with E-state index in [0.29, 0.717) is 11.4 Å². The third-order valence-corrected chi connectivity index (χ3v) is 7.61. The molecule has 5 rings (SSSR count). The monoisotopic (exact) mass is 509 g/mol. The van der Waals surface area contributed by atoms with Crippen molar-refractivity contribution in [1.29, 1.82) is 0 Å². The molecule has 0 aliphatic carbocycles. The van der Waals surface area contributed by atoms with Crippen LogP contribution in [0.15, 0.2) is 108 Å². The zero-order valence-electron chi connectivity index (χ0n) is 20.9. The zero-order chi connectivity index (χ0) is 26.0. The Bertz CT molecular complexity index is 1660. The van der Waals surface area contributed by atoms with Crippen LogP contribution in [0.25, 0.3) is 21.9 Å². The van der Waals surface area contributed by atoms with Gasteiger partial charge in [0.05, 0.1) is 12.0 Å². The molecule has 0 aliphatic heterocycles. The van der Waals surface area contributed by atoms with E-state index in [1.807, 2.05) is 43.3 Å². The van der Waals surface area contributed by atoms with Gasteiger partial charge >= 0.3 is 0 Å². The van der Waals surface area contributed by atoms with Crippen LogP contribution in [0.1, 0.15) is 11.1 Å². The fourth-order valence-corrected chi connectivity index (χ4v) is 5.38. The Morgan fingerprint density at radius 2 is 1.41 bits per heavy atom. The van der Waals surface area contributed by atoms with Crippen molar-refractivity contribution in [2.24, 2.45) is 0 Å².